The normalized spacial score (nSPS) is 33.5. The van der Waals surface area contributed by atoms with Gasteiger partial charge in [0.05, 0.1) is 11.3 Å². The number of rotatable bonds is 4. The highest BCUT2D eigenvalue weighted by Crippen LogP contribution is 2.62. The largest absolute Gasteiger partial charge is 0.390 e. The molecule has 4 atom stereocenters. The molecule has 28 heavy (non-hydrogen) atoms. The van der Waals surface area contributed by atoms with Crippen LogP contribution in [-0.4, -0.2) is 31.0 Å². The van der Waals surface area contributed by atoms with Crippen LogP contribution in [0.2, 0.25) is 0 Å². The average molecular weight is 375 g/mol. The van der Waals surface area contributed by atoms with Gasteiger partial charge in [0, 0.05) is 26.0 Å². The second-order valence-electron chi connectivity index (χ2n) is 9.76. The van der Waals surface area contributed by atoms with Gasteiger partial charge in [0.15, 0.2) is 0 Å². The van der Waals surface area contributed by atoms with E-state index in [2.05, 4.69) is 58.4 Å². The van der Waals surface area contributed by atoms with Crippen molar-refractivity contribution in [3.8, 4) is 0 Å². The van der Waals surface area contributed by atoms with Gasteiger partial charge in [-0.3, -0.25) is 4.99 Å². The minimum atomic E-state index is -0.403. The van der Waals surface area contributed by atoms with Crippen LogP contribution in [0.15, 0.2) is 53.5 Å². The van der Waals surface area contributed by atoms with Gasteiger partial charge in [-0.1, -0.05) is 24.3 Å². The third-order valence-corrected chi connectivity index (χ3v) is 7.28. The SMILES string of the molecule is CN(C)c1ccc(C=Nc2ccc(C34C[C@@H]5C[C@@H](CC(O)(C5)C3)C4)cc2)cc1. The minimum Gasteiger partial charge on any atom is -0.390 e. The van der Waals surface area contributed by atoms with Gasteiger partial charge >= 0.3 is 0 Å². The monoisotopic (exact) mass is 374 g/mol. The highest BCUT2D eigenvalue weighted by atomic mass is 16.3. The molecule has 3 nitrogen and oxygen atoms in total. The van der Waals surface area contributed by atoms with Crippen molar-refractivity contribution < 1.29 is 5.11 Å². The summed E-state index contributed by atoms with van der Waals surface area (Å²) < 4.78 is 0. The Morgan fingerprint density at radius 2 is 1.57 bits per heavy atom. The molecule has 0 heterocycles. The first kappa shape index (κ1) is 17.9. The summed E-state index contributed by atoms with van der Waals surface area (Å²) in [7, 11) is 4.10. The lowest BCUT2D eigenvalue weighted by Crippen LogP contribution is -2.57. The number of aliphatic hydroxyl groups is 1. The summed E-state index contributed by atoms with van der Waals surface area (Å²) in [6, 6.07) is 17.2. The second kappa shape index (κ2) is 6.45. The van der Waals surface area contributed by atoms with Crippen LogP contribution in [-0.2, 0) is 5.41 Å². The molecule has 146 valence electrons. The third kappa shape index (κ3) is 3.16. The van der Waals surface area contributed by atoms with Crippen LogP contribution >= 0.6 is 0 Å². The van der Waals surface area contributed by atoms with Crippen molar-refractivity contribution in [1.29, 1.82) is 0 Å². The number of anilines is 1. The number of benzene rings is 2. The Morgan fingerprint density at radius 1 is 0.929 bits per heavy atom. The predicted molar refractivity (Wildman–Crippen MR) is 116 cm³/mol. The van der Waals surface area contributed by atoms with Crippen LogP contribution in [0.5, 0.6) is 0 Å². The van der Waals surface area contributed by atoms with Gasteiger partial charge in [0.2, 0.25) is 0 Å². The molecule has 0 radical (unpaired) electrons. The van der Waals surface area contributed by atoms with Gasteiger partial charge in [0.1, 0.15) is 0 Å². The highest BCUT2D eigenvalue weighted by Gasteiger charge is 2.57. The van der Waals surface area contributed by atoms with E-state index in [1.807, 2.05) is 20.3 Å². The summed E-state index contributed by atoms with van der Waals surface area (Å²) in [6.07, 6.45) is 8.79. The van der Waals surface area contributed by atoms with Crippen molar-refractivity contribution in [2.75, 3.05) is 19.0 Å². The number of aliphatic imine (C=N–C) groups is 1. The summed E-state index contributed by atoms with van der Waals surface area (Å²) in [6.45, 7) is 0. The van der Waals surface area contributed by atoms with Gasteiger partial charge < -0.3 is 10.0 Å². The molecule has 0 spiro atoms. The molecular weight excluding hydrogens is 344 g/mol. The fraction of sp³-hybridized carbons (Fsp3) is 0.480. The van der Waals surface area contributed by atoms with Gasteiger partial charge in [-0.05, 0) is 91.2 Å². The first-order valence-electron chi connectivity index (χ1n) is 10.6. The standard InChI is InChI=1S/C25H30N2O/c1-27(2)23-9-3-18(4-10-23)16-26-22-7-5-21(6-8-22)24-12-19-11-20(13-24)15-25(28,14-19)17-24/h3-10,16,19-20,28H,11-15,17H2,1-2H3/t19-,20+,24?,25?. The Labute approximate surface area is 168 Å². The Kier molecular flexibility index (Phi) is 4.13. The molecule has 6 rings (SSSR count). The molecule has 0 saturated heterocycles. The summed E-state index contributed by atoms with van der Waals surface area (Å²) >= 11 is 0. The molecule has 4 aliphatic carbocycles. The third-order valence-electron chi connectivity index (χ3n) is 7.28. The Hall–Kier alpha value is -2.13. The first-order valence-corrected chi connectivity index (χ1v) is 10.6. The average Bonchev–Trinajstić information content (AvgIpc) is 2.65. The molecule has 3 heteroatoms. The molecule has 2 unspecified atom stereocenters. The molecule has 2 aromatic rings. The quantitative estimate of drug-likeness (QED) is 0.757. The van der Waals surface area contributed by atoms with E-state index in [4.69, 9.17) is 0 Å². The summed E-state index contributed by atoms with van der Waals surface area (Å²) in [5.74, 6) is 1.43. The maximum Gasteiger partial charge on any atom is 0.0661 e. The summed E-state index contributed by atoms with van der Waals surface area (Å²) in [4.78, 5) is 6.76. The predicted octanol–water partition coefficient (Wildman–Crippen LogP) is 5.09. The molecule has 0 amide bonds. The van der Waals surface area contributed by atoms with E-state index in [0.717, 1.165) is 30.5 Å². The maximum absolute atomic E-state index is 11.0. The molecule has 2 aromatic carbocycles. The minimum absolute atomic E-state index is 0.198. The molecule has 4 fully saturated rings. The smallest absolute Gasteiger partial charge is 0.0661 e. The summed E-state index contributed by atoms with van der Waals surface area (Å²) in [5.41, 5.74) is 4.50. The van der Waals surface area contributed by atoms with Crippen molar-refractivity contribution in [2.24, 2.45) is 16.8 Å². The lowest BCUT2D eigenvalue weighted by atomic mass is 9.46. The zero-order valence-electron chi connectivity index (χ0n) is 16.9. The van der Waals surface area contributed by atoms with Crippen molar-refractivity contribution >= 4 is 17.6 Å². The van der Waals surface area contributed by atoms with Crippen molar-refractivity contribution in [3.63, 3.8) is 0 Å². The first-order chi connectivity index (χ1) is 13.4. The molecule has 4 bridgehead atoms. The van der Waals surface area contributed by atoms with Crippen LogP contribution in [0.4, 0.5) is 11.4 Å². The van der Waals surface area contributed by atoms with Crippen LogP contribution in [0.1, 0.15) is 49.7 Å². The number of hydrogen-bond donors (Lipinski definition) is 1. The summed E-state index contributed by atoms with van der Waals surface area (Å²) in [5, 5.41) is 11.0. The van der Waals surface area contributed by atoms with E-state index in [-0.39, 0.29) is 5.41 Å². The molecule has 0 aromatic heterocycles. The van der Waals surface area contributed by atoms with E-state index in [0.29, 0.717) is 11.8 Å². The zero-order valence-corrected chi connectivity index (χ0v) is 16.9. The van der Waals surface area contributed by atoms with E-state index in [1.54, 1.807) is 0 Å². The molecule has 1 N–H and O–H groups in total. The highest BCUT2D eigenvalue weighted by molar-refractivity contribution is 5.82. The Bertz CT molecular complexity index is 868. The molecule has 0 aliphatic heterocycles. The van der Waals surface area contributed by atoms with Crippen molar-refractivity contribution in [1.82, 2.24) is 0 Å². The lowest BCUT2D eigenvalue weighted by Gasteiger charge is -2.60. The van der Waals surface area contributed by atoms with Crippen LogP contribution < -0.4 is 4.90 Å². The van der Waals surface area contributed by atoms with Crippen molar-refractivity contribution in [2.45, 2.75) is 49.5 Å². The van der Waals surface area contributed by atoms with Crippen LogP contribution in [0, 0.1) is 11.8 Å². The van der Waals surface area contributed by atoms with Gasteiger partial charge in [-0.15, -0.1) is 0 Å². The fourth-order valence-corrected chi connectivity index (χ4v) is 6.46. The Balaban J connectivity index is 1.33. The number of nitrogens with zero attached hydrogens (tertiary/aromatic N) is 2. The van der Waals surface area contributed by atoms with E-state index in [1.165, 1.54) is 30.5 Å². The molecular formula is C25H30N2O. The lowest BCUT2D eigenvalue weighted by molar-refractivity contribution is -0.136. The van der Waals surface area contributed by atoms with E-state index in [9.17, 15) is 5.11 Å². The fourth-order valence-electron chi connectivity index (χ4n) is 6.46. The van der Waals surface area contributed by atoms with Crippen molar-refractivity contribution in [3.05, 3.63) is 59.7 Å². The maximum atomic E-state index is 11.0. The van der Waals surface area contributed by atoms with Crippen LogP contribution in [0.3, 0.4) is 0 Å². The Morgan fingerprint density at radius 3 is 2.14 bits per heavy atom. The van der Waals surface area contributed by atoms with Gasteiger partial charge in [-0.25, -0.2) is 0 Å². The topological polar surface area (TPSA) is 35.8 Å². The van der Waals surface area contributed by atoms with E-state index < -0.39 is 5.60 Å². The van der Waals surface area contributed by atoms with Gasteiger partial charge in [-0.2, -0.15) is 0 Å². The zero-order chi connectivity index (χ0) is 19.4. The molecule has 4 aliphatic rings. The van der Waals surface area contributed by atoms with Crippen LogP contribution in [0.25, 0.3) is 0 Å². The van der Waals surface area contributed by atoms with E-state index >= 15 is 0 Å². The number of hydrogen-bond acceptors (Lipinski definition) is 3. The van der Waals surface area contributed by atoms with Gasteiger partial charge in [0.25, 0.3) is 0 Å². The molecule has 4 saturated carbocycles. The second-order valence-corrected chi connectivity index (χ2v) is 9.76.